The Kier molecular flexibility index (Phi) is 3.92. The minimum absolute atomic E-state index is 0.0470. The van der Waals surface area contributed by atoms with E-state index in [-0.39, 0.29) is 5.78 Å². The van der Waals surface area contributed by atoms with Crippen LogP contribution in [0.1, 0.15) is 27.2 Å². The van der Waals surface area contributed by atoms with E-state index < -0.39 is 0 Å². The monoisotopic (exact) mass is 303 g/mol. The maximum absolute atomic E-state index is 12.0. The van der Waals surface area contributed by atoms with Gasteiger partial charge in [-0.2, -0.15) is 0 Å². The van der Waals surface area contributed by atoms with Crippen LogP contribution in [0, 0.1) is 13.8 Å². The molecule has 1 heterocycles. The Morgan fingerprint density at radius 2 is 1.94 bits per heavy atom. The Labute approximate surface area is 115 Å². The number of carbonyl (C=O) groups excluding carboxylic acids is 1. The zero-order valence-electron chi connectivity index (χ0n) is 10.4. The Hall–Kier alpha value is -1.48. The van der Waals surface area contributed by atoms with E-state index in [0.29, 0.717) is 12.1 Å². The van der Waals surface area contributed by atoms with Gasteiger partial charge in [-0.25, -0.2) is 0 Å². The Morgan fingerprint density at radius 3 is 2.56 bits per heavy atom. The number of halogens is 1. The molecule has 0 aliphatic rings. The number of rotatable bonds is 3. The van der Waals surface area contributed by atoms with Gasteiger partial charge in [0.15, 0.2) is 5.78 Å². The number of nitrogens with zero attached hydrogens (tertiary/aromatic N) is 1. The first kappa shape index (κ1) is 13.0. The average molecular weight is 304 g/mol. The summed E-state index contributed by atoms with van der Waals surface area (Å²) in [6, 6.07) is 9.69. The van der Waals surface area contributed by atoms with E-state index in [1.807, 2.05) is 18.2 Å². The number of aromatic nitrogens is 1. The number of hydrogen-bond acceptors (Lipinski definition) is 2. The van der Waals surface area contributed by atoms with Crippen molar-refractivity contribution in [1.29, 1.82) is 0 Å². The quantitative estimate of drug-likeness (QED) is 0.805. The fourth-order valence-corrected chi connectivity index (χ4v) is 1.96. The second-order valence-electron chi connectivity index (χ2n) is 4.38. The predicted molar refractivity (Wildman–Crippen MR) is 75.9 cm³/mol. The molecule has 0 saturated heterocycles. The van der Waals surface area contributed by atoms with Gasteiger partial charge in [0.05, 0.1) is 0 Å². The van der Waals surface area contributed by atoms with E-state index >= 15 is 0 Å². The SMILES string of the molecule is Cc1ccc(CC(=O)c2ccc(Br)cn2)cc1C. The number of Topliss-reactive ketones (excluding diaryl/α,β-unsaturated/α-hetero) is 1. The number of hydrogen-bond donors (Lipinski definition) is 0. The van der Waals surface area contributed by atoms with Crippen LogP contribution >= 0.6 is 15.9 Å². The van der Waals surface area contributed by atoms with Crippen LogP contribution in [-0.2, 0) is 6.42 Å². The molecule has 0 spiro atoms. The van der Waals surface area contributed by atoms with Gasteiger partial charge < -0.3 is 0 Å². The molecule has 2 rings (SSSR count). The molecule has 0 fully saturated rings. The molecule has 18 heavy (non-hydrogen) atoms. The molecule has 0 aliphatic heterocycles. The van der Waals surface area contributed by atoms with Gasteiger partial charge in [-0.1, -0.05) is 18.2 Å². The van der Waals surface area contributed by atoms with Crippen LogP contribution in [0.5, 0.6) is 0 Å². The van der Waals surface area contributed by atoms with Gasteiger partial charge in [0, 0.05) is 17.1 Å². The lowest BCUT2D eigenvalue weighted by Gasteiger charge is -2.04. The average Bonchev–Trinajstić information content (AvgIpc) is 2.34. The van der Waals surface area contributed by atoms with Crippen LogP contribution < -0.4 is 0 Å². The van der Waals surface area contributed by atoms with Crippen LogP contribution in [0.25, 0.3) is 0 Å². The fourth-order valence-electron chi connectivity index (χ4n) is 1.73. The first-order valence-corrected chi connectivity index (χ1v) is 6.56. The second-order valence-corrected chi connectivity index (χ2v) is 5.30. The fraction of sp³-hybridized carbons (Fsp3) is 0.200. The summed E-state index contributed by atoms with van der Waals surface area (Å²) in [4.78, 5) is 16.2. The Balaban J connectivity index is 2.16. The van der Waals surface area contributed by atoms with Crippen molar-refractivity contribution in [2.75, 3.05) is 0 Å². The number of carbonyl (C=O) groups is 1. The summed E-state index contributed by atoms with van der Waals surface area (Å²) < 4.78 is 0.880. The Morgan fingerprint density at radius 1 is 1.17 bits per heavy atom. The summed E-state index contributed by atoms with van der Waals surface area (Å²) in [6.45, 7) is 4.12. The van der Waals surface area contributed by atoms with Gasteiger partial charge in [0.25, 0.3) is 0 Å². The normalized spacial score (nSPS) is 10.4. The van der Waals surface area contributed by atoms with Crippen molar-refractivity contribution in [3.8, 4) is 0 Å². The minimum atomic E-state index is 0.0470. The first-order chi connectivity index (χ1) is 8.56. The molecule has 0 N–H and O–H groups in total. The minimum Gasteiger partial charge on any atom is -0.292 e. The van der Waals surface area contributed by atoms with Gasteiger partial charge in [-0.05, 0) is 58.6 Å². The van der Waals surface area contributed by atoms with Gasteiger partial charge in [-0.15, -0.1) is 0 Å². The molecule has 92 valence electrons. The first-order valence-electron chi connectivity index (χ1n) is 5.77. The zero-order valence-corrected chi connectivity index (χ0v) is 12.0. The molecule has 0 bridgehead atoms. The highest BCUT2D eigenvalue weighted by Crippen LogP contribution is 2.13. The topological polar surface area (TPSA) is 30.0 Å². The molecule has 3 heteroatoms. The summed E-state index contributed by atoms with van der Waals surface area (Å²) >= 11 is 3.31. The van der Waals surface area contributed by atoms with Crippen LogP contribution in [-0.4, -0.2) is 10.8 Å². The van der Waals surface area contributed by atoms with E-state index in [0.717, 1.165) is 10.0 Å². The second kappa shape index (κ2) is 5.44. The van der Waals surface area contributed by atoms with E-state index in [1.54, 1.807) is 12.3 Å². The molecule has 0 unspecified atom stereocenters. The van der Waals surface area contributed by atoms with Gasteiger partial charge in [0.2, 0.25) is 0 Å². The molecule has 0 amide bonds. The summed E-state index contributed by atoms with van der Waals surface area (Å²) in [5.41, 5.74) is 4.00. The number of benzene rings is 1. The molecule has 2 aromatic rings. The standard InChI is InChI=1S/C15H14BrNO/c1-10-3-4-12(7-11(10)2)8-15(18)14-6-5-13(16)9-17-14/h3-7,9H,8H2,1-2H3. The molecule has 0 aliphatic carbocycles. The van der Waals surface area contributed by atoms with Crippen molar-refractivity contribution in [2.45, 2.75) is 20.3 Å². The van der Waals surface area contributed by atoms with Crippen LogP contribution in [0.3, 0.4) is 0 Å². The molecule has 0 atom stereocenters. The highest BCUT2D eigenvalue weighted by Gasteiger charge is 2.08. The van der Waals surface area contributed by atoms with Gasteiger partial charge in [0.1, 0.15) is 5.69 Å². The lowest BCUT2D eigenvalue weighted by atomic mass is 10.0. The van der Waals surface area contributed by atoms with E-state index in [4.69, 9.17) is 0 Å². The number of aryl methyl sites for hydroxylation is 2. The zero-order chi connectivity index (χ0) is 13.1. The van der Waals surface area contributed by atoms with Crippen molar-refractivity contribution in [2.24, 2.45) is 0 Å². The summed E-state index contributed by atoms with van der Waals surface area (Å²) in [5.74, 6) is 0.0470. The summed E-state index contributed by atoms with van der Waals surface area (Å²) in [7, 11) is 0. The lowest BCUT2D eigenvalue weighted by Crippen LogP contribution is -2.06. The number of ketones is 1. The third-order valence-electron chi connectivity index (χ3n) is 2.95. The van der Waals surface area contributed by atoms with Crippen molar-refractivity contribution in [1.82, 2.24) is 4.98 Å². The van der Waals surface area contributed by atoms with Crippen molar-refractivity contribution in [3.05, 3.63) is 63.4 Å². The van der Waals surface area contributed by atoms with Crippen LogP contribution in [0.2, 0.25) is 0 Å². The molecule has 0 radical (unpaired) electrons. The van der Waals surface area contributed by atoms with Crippen molar-refractivity contribution >= 4 is 21.7 Å². The van der Waals surface area contributed by atoms with Crippen molar-refractivity contribution < 1.29 is 4.79 Å². The molecular formula is C15H14BrNO. The highest BCUT2D eigenvalue weighted by molar-refractivity contribution is 9.10. The van der Waals surface area contributed by atoms with Gasteiger partial charge in [-0.3, -0.25) is 9.78 Å². The van der Waals surface area contributed by atoms with Crippen LogP contribution in [0.15, 0.2) is 41.0 Å². The van der Waals surface area contributed by atoms with Crippen molar-refractivity contribution in [3.63, 3.8) is 0 Å². The summed E-state index contributed by atoms with van der Waals surface area (Å²) in [6.07, 6.45) is 2.05. The highest BCUT2D eigenvalue weighted by atomic mass is 79.9. The number of pyridine rings is 1. The largest absolute Gasteiger partial charge is 0.292 e. The maximum Gasteiger partial charge on any atom is 0.185 e. The predicted octanol–water partition coefficient (Wildman–Crippen LogP) is 3.89. The molecule has 1 aromatic heterocycles. The van der Waals surface area contributed by atoms with E-state index in [9.17, 15) is 4.79 Å². The van der Waals surface area contributed by atoms with E-state index in [2.05, 4.69) is 40.8 Å². The smallest absolute Gasteiger partial charge is 0.185 e. The van der Waals surface area contributed by atoms with Gasteiger partial charge >= 0.3 is 0 Å². The van der Waals surface area contributed by atoms with Crippen LogP contribution in [0.4, 0.5) is 0 Å². The molecule has 2 nitrogen and oxygen atoms in total. The molecule has 0 saturated carbocycles. The lowest BCUT2D eigenvalue weighted by molar-refractivity contribution is 0.0988. The molecular weight excluding hydrogens is 290 g/mol. The molecule has 1 aromatic carbocycles. The maximum atomic E-state index is 12.0. The summed E-state index contributed by atoms with van der Waals surface area (Å²) in [5, 5.41) is 0. The third-order valence-corrected chi connectivity index (χ3v) is 3.42. The third kappa shape index (κ3) is 3.05. The Bertz CT molecular complexity index is 576. The van der Waals surface area contributed by atoms with E-state index in [1.165, 1.54) is 11.1 Å².